The SMILES string of the molecule is CC1=C(C(N)=O)C(c2ccc(OCc3ccc(Cl)cc3)cc2)n2ncnc2N1. The molecular formula is C20H18ClN5O2. The largest absolute Gasteiger partial charge is 0.489 e. The molecule has 0 fully saturated rings. The average molecular weight is 396 g/mol. The molecule has 0 radical (unpaired) electrons. The number of ether oxygens (including phenoxy) is 1. The number of allylic oxidation sites excluding steroid dienone is 1. The van der Waals surface area contributed by atoms with E-state index in [1.807, 2.05) is 48.5 Å². The van der Waals surface area contributed by atoms with Crippen LogP contribution in [0.3, 0.4) is 0 Å². The Morgan fingerprint density at radius 2 is 1.93 bits per heavy atom. The van der Waals surface area contributed by atoms with Crippen molar-refractivity contribution in [3.05, 3.63) is 82.3 Å². The molecule has 2 aromatic carbocycles. The fourth-order valence-corrected chi connectivity index (χ4v) is 3.34. The lowest BCUT2D eigenvalue weighted by molar-refractivity contribution is -0.115. The van der Waals surface area contributed by atoms with E-state index in [9.17, 15) is 4.79 Å². The van der Waals surface area contributed by atoms with Crippen molar-refractivity contribution >= 4 is 23.5 Å². The van der Waals surface area contributed by atoms with Crippen LogP contribution < -0.4 is 15.8 Å². The normalized spacial score (nSPS) is 15.7. The number of rotatable bonds is 5. The van der Waals surface area contributed by atoms with E-state index in [0.717, 1.165) is 11.1 Å². The van der Waals surface area contributed by atoms with Crippen LogP contribution >= 0.6 is 11.6 Å². The summed E-state index contributed by atoms with van der Waals surface area (Å²) in [7, 11) is 0. The molecule has 1 aliphatic heterocycles. The van der Waals surface area contributed by atoms with E-state index in [2.05, 4.69) is 15.4 Å². The Labute approximate surface area is 166 Å². The van der Waals surface area contributed by atoms with Gasteiger partial charge in [-0.3, -0.25) is 4.79 Å². The third-order valence-corrected chi connectivity index (χ3v) is 4.83. The first kappa shape index (κ1) is 18.1. The summed E-state index contributed by atoms with van der Waals surface area (Å²) in [5.41, 5.74) is 8.63. The van der Waals surface area contributed by atoms with Gasteiger partial charge < -0.3 is 15.8 Å². The zero-order valence-corrected chi connectivity index (χ0v) is 15.8. The molecule has 1 aliphatic rings. The van der Waals surface area contributed by atoms with Crippen LogP contribution in [0.2, 0.25) is 5.02 Å². The number of nitrogens with zero attached hydrogens (tertiary/aromatic N) is 3. The first-order valence-corrected chi connectivity index (χ1v) is 9.05. The maximum Gasteiger partial charge on any atom is 0.248 e. The van der Waals surface area contributed by atoms with Gasteiger partial charge in [-0.1, -0.05) is 35.9 Å². The van der Waals surface area contributed by atoms with Gasteiger partial charge in [-0.2, -0.15) is 10.1 Å². The number of aromatic nitrogens is 3. The van der Waals surface area contributed by atoms with Crippen molar-refractivity contribution in [1.82, 2.24) is 14.8 Å². The van der Waals surface area contributed by atoms with E-state index in [-0.39, 0.29) is 0 Å². The molecule has 0 aliphatic carbocycles. The third-order valence-electron chi connectivity index (χ3n) is 4.57. The minimum absolute atomic E-state index is 0.433. The molecule has 0 spiro atoms. The van der Waals surface area contributed by atoms with Gasteiger partial charge in [0.15, 0.2) is 0 Å². The molecule has 7 nitrogen and oxygen atoms in total. The van der Waals surface area contributed by atoms with Crippen molar-refractivity contribution in [3.8, 4) is 5.75 Å². The minimum atomic E-state index is -0.501. The molecule has 28 heavy (non-hydrogen) atoms. The van der Waals surface area contributed by atoms with Gasteiger partial charge in [-0.05, 0) is 42.3 Å². The number of anilines is 1. The molecule has 0 saturated heterocycles. The lowest BCUT2D eigenvalue weighted by Crippen LogP contribution is -2.31. The van der Waals surface area contributed by atoms with Crippen molar-refractivity contribution in [2.45, 2.75) is 19.6 Å². The molecule has 8 heteroatoms. The first-order valence-electron chi connectivity index (χ1n) is 8.67. The summed E-state index contributed by atoms with van der Waals surface area (Å²) < 4.78 is 7.48. The Balaban J connectivity index is 1.57. The van der Waals surface area contributed by atoms with Gasteiger partial charge in [-0.15, -0.1) is 0 Å². The van der Waals surface area contributed by atoms with Gasteiger partial charge in [0.1, 0.15) is 24.7 Å². The zero-order chi connectivity index (χ0) is 19.7. The summed E-state index contributed by atoms with van der Waals surface area (Å²) in [5, 5.41) is 8.00. The average Bonchev–Trinajstić information content (AvgIpc) is 3.14. The van der Waals surface area contributed by atoms with E-state index in [1.54, 1.807) is 11.6 Å². The van der Waals surface area contributed by atoms with Crippen LogP contribution in [0.5, 0.6) is 5.75 Å². The third kappa shape index (κ3) is 3.44. The first-order chi connectivity index (χ1) is 13.5. The number of hydrogen-bond donors (Lipinski definition) is 2. The van der Waals surface area contributed by atoms with Gasteiger partial charge in [0.2, 0.25) is 11.9 Å². The van der Waals surface area contributed by atoms with Crippen molar-refractivity contribution < 1.29 is 9.53 Å². The second kappa shape index (κ2) is 7.36. The minimum Gasteiger partial charge on any atom is -0.489 e. The van der Waals surface area contributed by atoms with Crippen molar-refractivity contribution in [2.75, 3.05) is 5.32 Å². The Hall–Kier alpha value is -3.32. The molecule has 1 amide bonds. The van der Waals surface area contributed by atoms with Crippen LogP contribution in [0.15, 0.2) is 66.1 Å². The predicted octanol–water partition coefficient (Wildman–Crippen LogP) is 3.28. The van der Waals surface area contributed by atoms with Crippen LogP contribution in [0.1, 0.15) is 24.1 Å². The lowest BCUT2D eigenvalue weighted by atomic mass is 9.95. The summed E-state index contributed by atoms with van der Waals surface area (Å²) >= 11 is 5.90. The Morgan fingerprint density at radius 3 is 2.61 bits per heavy atom. The highest BCUT2D eigenvalue weighted by molar-refractivity contribution is 6.30. The molecule has 4 rings (SSSR count). The lowest BCUT2D eigenvalue weighted by Gasteiger charge is -2.27. The number of nitrogens with one attached hydrogen (secondary N) is 1. The summed E-state index contributed by atoms with van der Waals surface area (Å²) in [6.07, 6.45) is 1.44. The summed E-state index contributed by atoms with van der Waals surface area (Å²) in [5.74, 6) is 0.780. The Morgan fingerprint density at radius 1 is 1.21 bits per heavy atom. The number of amides is 1. The number of fused-ring (bicyclic) bond motifs is 1. The summed E-state index contributed by atoms with van der Waals surface area (Å²) in [6, 6.07) is 14.6. The van der Waals surface area contributed by atoms with E-state index in [4.69, 9.17) is 22.1 Å². The van der Waals surface area contributed by atoms with E-state index < -0.39 is 11.9 Å². The fraction of sp³-hybridized carbons (Fsp3) is 0.150. The van der Waals surface area contributed by atoms with E-state index in [1.165, 1.54) is 6.33 Å². The Bertz CT molecular complexity index is 1040. The number of carbonyl (C=O) groups excluding carboxylic acids is 1. The maximum atomic E-state index is 12.1. The van der Waals surface area contributed by atoms with Gasteiger partial charge in [0.05, 0.1) is 5.57 Å². The van der Waals surface area contributed by atoms with Crippen molar-refractivity contribution in [2.24, 2.45) is 5.73 Å². The highest BCUT2D eigenvalue weighted by atomic mass is 35.5. The van der Waals surface area contributed by atoms with Crippen LogP contribution in [-0.2, 0) is 11.4 Å². The zero-order valence-electron chi connectivity index (χ0n) is 15.1. The number of nitrogens with two attached hydrogens (primary N) is 1. The number of carbonyl (C=O) groups is 1. The summed E-state index contributed by atoms with van der Waals surface area (Å²) in [6.45, 7) is 2.23. The summed E-state index contributed by atoms with van der Waals surface area (Å²) in [4.78, 5) is 16.2. The van der Waals surface area contributed by atoms with Crippen molar-refractivity contribution in [3.63, 3.8) is 0 Å². The van der Waals surface area contributed by atoms with Crippen LogP contribution in [0.4, 0.5) is 5.95 Å². The molecular weight excluding hydrogens is 378 g/mol. The fourth-order valence-electron chi connectivity index (χ4n) is 3.21. The highest BCUT2D eigenvalue weighted by Crippen LogP contribution is 2.34. The number of primary amides is 1. The molecule has 142 valence electrons. The van der Waals surface area contributed by atoms with Gasteiger partial charge in [0.25, 0.3) is 0 Å². The van der Waals surface area contributed by atoms with Crippen LogP contribution in [0, 0.1) is 0 Å². The quantitative estimate of drug-likeness (QED) is 0.691. The molecule has 1 atom stereocenters. The number of halogens is 1. The van der Waals surface area contributed by atoms with Crippen LogP contribution in [-0.4, -0.2) is 20.7 Å². The van der Waals surface area contributed by atoms with E-state index in [0.29, 0.717) is 34.6 Å². The van der Waals surface area contributed by atoms with Gasteiger partial charge in [0, 0.05) is 10.7 Å². The predicted molar refractivity (Wildman–Crippen MR) is 106 cm³/mol. The van der Waals surface area contributed by atoms with Crippen molar-refractivity contribution in [1.29, 1.82) is 0 Å². The standard InChI is InChI=1S/C20H18ClN5O2/c1-12-17(19(22)27)18(26-20(25-12)23-11-24-26)14-4-8-16(9-5-14)28-10-13-2-6-15(21)7-3-13/h2-9,11,18H,10H2,1H3,(H2,22,27)(H,23,24,25). The van der Waals surface area contributed by atoms with E-state index >= 15 is 0 Å². The molecule has 3 N–H and O–H groups in total. The Kier molecular flexibility index (Phi) is 4.75. The monoisotopic (exact) mass is 395 g/mol. The number of benzene rings is 2. The second-order valence-corrected chi connectivity index (χ2v) is 6.88. The van der Waals surface area contributed by atoms with Crippen LogP contribution in [0.25, 0.3) is 0 Å². The maximum absolute atomic E-state index is 12.1. The molecule has 0 bridgehead atoms. The number of hydrogen-bond acceptors (Lipinski definition) is 5. The molecule has 2 heterocycles. The second-order valence-electron chi connectivity index (χ2n) is 6.44. The smallest absolute Gasteiger partial charge is 0.248 e. The molecule has 0 saturated carbocycles. The highest BCUT2D eigenvalue weighted by Gasteiger charge is 2.32. The van der Waals surface area contributed by atoms with Gasteiger partial charge >= 0.3 is 0 Å². The topological polar surface area (TPSA) is 95.1 Å². The molecule has 1 unspecified atom stereocenters. The molecule has 3 aromatic rings. The molecule has 1 aromatic heterocycles. The van der Waals surface area contributed by atoms with Gasteiger partial charge in [-0.25, -0.2) is 4.68 Å².